The van der Waals surface area contributed by atoms with Gasteiger partial charge < -0.3 is 10.6 Å². The van der Waals surface area contributed by atoms with Crippen LogP contribution in [0.3, 0.4) is 0 Å². The molecule has 4 amide bonds. The Kier molecular flexibility index (Phi) is 5.68. The van der Waals surface area contributed by atoms with Gasteiger partial charge in [0.1, 0.15) is 0 Å². The van der Waals surface area contributed by atoms with Crippen LogP contribution < -0.4 is 10.6 Å². The molecule has 0 aromatic heterocycles. The first-order valence-electron chi connectivity index (χ1n) is 8.27. The van der Waals surface area contributed by atoms with Crippen molar-refractivity contribution in [1.29, 1.82) is 0 Å². The molecular weight excluding hydrogens is 398 g/mol. The Labute approximate surface area is 159 Å². The van der Waals surface area contributed by atoms with E-state index in [0.717, 1.165) is 14.9 Å². The molecule has 1 heterocycles. The van der Waals surface area contributed by atoms with E-state index in [1.165, 1.54) is 0 Å². The molecule has 7 heteroatoms. The third kappa shape index (κ3) is 4.11. The zero-order valence-corrected chi connectivity index (χ0v) is 15.6. The predicted octanol–water partition coefficient (Wildman–Crippen LogP) is 2.59. The number of hydrogen-bond donors (Lipinski definition) is 2. The normalized spacial score (nSPS) is 12.9. The molecule has 2 aromatic rings. The van der Waals surface area contributed by atoms with Gasteiger partial charge in [0.15, 0.2) is 0 Å². The van der Waals surface area contributed by atoms with Gasteiger partial charge in [0, 0.05) is 24.1 Å². The van der Waals surface area contributed by atoms with Crippen molar-refractivity contribution in [1.82, 2.24) is 15.5 Å². The van der Waals surface area contributed by atoms with Crippen LogP contribution in [0.1, 0.15) is 26.3 Å². The first kappa shape index (κ1) is 18.1. The van der Waals surface area contributed by atoms with E-state index in [4.69, 9.17) is 0 Å². The molecule has 134 valence electrons. The zero-order valence-electron chi connectivity index (χ0n) is 14.0. The van der Waals surface area contributed by atoms with Crippen molar-refractivity contribution in [3.05, 3.63) is 69.7 Å². The van der Waals surface area contributed by atoms with Crippen molar-refractivity contribution >= 4 is 33.8 Å². The molecule has 0 aliphatic carbocycles. The lowest BCUT2D eigenvalue weighted by atomic mass is 10.1. The van der Waals surface area contributed by atoms with E-state index in [1.807, 2.05) is 24.3 Å². The minimum absolute atomic E-state index is 0.144. The highest BCUT2D eigenvalue weighted by molar-refractivity contribution is 9.10. The van der Waals surface area contributed by atoms with Gasteiger partial charge in [-0.05, 0) is 36.2 Å². The fourth-order valence-electron chi connectivity index (χ4n) is 2.80. The molecule has 0 radical (unpaired) electrons. The minimum atomic E-state index is -0.323. The molecule has 1 aliphatic heterocycles. The van der Waals surface area contributed by atoms with Crippen LogP contribution in [0.4, 0.5) is 4.79 Å². The number of hydrogen-bond acceptors (Lipinski definition) is 3. The summed E-state index contributed by atoms with van der Waals surface area (Å²) in [4.78, 5) is 37.4. The largest absolute Gasteiger partial charge is 0.338 e. The number of amides is 4. The van der Waals surface area contributed by atoms with Gasteiger partial charge in [-0.1, -0.05) is 40.2 Å². The molecule has 6 nitrogen and oxygen atoms in total. The summed E-state index contributed by atoms with van der Waals surface area (Å²) in [6, 6.07) is 14.3. The number of fused-ring (bicyclic) bond motifs is 1. The molecule has 0 saturated heterocycles. The number of imide groups is 1. The van der Waals surface area contributed by atoms with E-state index in [0.29, 0.717) is 24.1 Å². The van der Waals surface area contributed by atoms with Crippen LogP contribution in [0.2, 0.25) is 0 Å². The Morgan fingerprint density at radius 1 is 0.923 bits per heavy atom. The Morgan fingerprint density at radius 2 is 1.58 bits per heavy atom. The SMILES string of the molecule is O=C(NCCc1cccc(Br)c1)NCCN1C(=O)c2ccccc2C1=O. The molecule has 26 heavy (non-hydrogen) atoms. The van der Waals surface area contributed by atoms with Crippen molar-refractivity contribution in [2.45, 2.75) is 6.42 Å². The van der Waals surface area contributed by atoms with Crippen molar-refractivity contribution < 1.29 is 14.4 Å². The number of nitrogens with zero attached hydrogens (tertiary/aromatic N) is 1. The third-order valence-corrected chi connectivity index (χ3v) is 4.58. The minimum Gasteiger partial charge on any atom is -0.338 e. The van der Waals surface area contributed by atoms with Crippen LogP contribution in [0, 0.1) is 0 Å². The summed E-state index contributed by atoms with van der Waals surface area (Å²) in [6.07, 6.45) is 0.714. The number of nitrogens with one attached hydrogen (secondary N) is 2. The van der Waals surface area contributed by atoms with Crippen LogP contribution in [-0.2, 0) is 6.42 Å². The third-order valence-electron chi connectivity index (χ3n) is 4.09. The topological polar surface area (TPSA) is 78.5 Å². The second-order valence-electron chi connectivity index (χ2n) is 5.87. The monoisotopic (exact) mass is 415 g/mol. The number of carbonyl (C=O) groups is 3. The highest BCUT2D eigenvalue weighted by atomic mass is 79.9. The first-order chi connectivity index (χ1) is 12.6. The van der Waals surface area contributed by atoms with Crippen LogP contribution in [0.25, 0.3) is 0 Å². The van der Waals surface area contributed by atoms with Gasteiger partial charge in [-0.3, -0.25) is 14.5 Å². The van der Waals surface area contributed by atoms with Crippen molar-refractivity contribution in [3.63, 3.8) is 0 Å². The van der Waals surface area contributed by atoms with E-state index in [9.17, 15) is 14.4 Å². The van der Waals surface area contributed by atoms with E-state index >= 15 is 0 Å². The summed E-state index contributed by atoms with van der Waals surface area (Å²) in [6.45, 7) is 0.842. The maximum Gasteiger partial charge on any atom is 0.314 e. The Hall–Kier alpha value is -2.67. The molecular formula is C19H18BrN3O3. The quantitative estimate of drug-likeness (QED) is 0.711. The standard InChI is InChI=1S/C19H18BrN3O3/c20-14-5-3-4-13(12-14)8-9-21-19(26)22-10-11-23-17(24)15-6-1-2-7-16(15)18(23)25/h1-7,12H,8-11H2,(H2,21,22,26). The van der Waals surface area contributed by atoms with Crippen molar-refractivity contribution in [2.75, 3.05) is 19.6 Å². The summed E-state index contributed by atoms with van der Waals surface area (Å²) in [5.41, 5.74) is 1.94. The summed E-state index contributed by atoms with van der Waals surface area (Å²) in [7, 11) is 0. The Morgan fingerprint density at radius 3 is 2.23 bits per heavy atom. The smallest absolute Gasteiger partial charge is 0.314 e. The highest BCUT2D eigenvalue weighted by Crippen LogP contribution is 2.21. The lowest BCUT2D eigenvalue weighted by Crippen LogP contribution is -2.42. The molecule has 2 N–H and O–H groups in total. The molecule has 0 fully saturated rings. The van der Waals surface area contributed by atoms with E-state index in [1.54, 1.807) is 24.3 Å². The van der Waals surface area contributed by atoms with E-state index in [2.05, 4.69) is 26.6 Å². The van der Waals surface area contributed by atoms with Crippen LogP contribution >= 0.6 is 15.9 Å². The number of benzene rings is 2. The van der Waals surface area contributed by atoms with Crippen LogP contribution in [0.15, 0.2) is 53.0 Å². The number of carbonyl (C=O) groups excluding carboxylic acids is 3. The maximum absolute atomic E-state index is 12.2. The van der Waals surface area contributed by atoms with Gasteiger partial charge in [0.05, 0.1) is 11.1 Å². The van der Waals surface area contributed by atoms with E-state index in [-0.39, 0.29) is 30.9 Å². The Balaban J connectivity index is 1.40. The van der Waals surface area contributed by atoms with Gasteiger partial charge in [-0.15, -0.1) is 0 Å². The lowest BCUT2D eigenvalue weighted by molar-refractivity contribution is 0.0656. The number of rotatable bonds is 6. The van der Waals surface area contributed by atoms with Crippen molar-refractivity contribution in [3.8, 4) is 0 Å². The van der Waals surface area contributed by atoms with E-state index < -0.39 is 0 Å². The molecule has 0 bridgehead atoms. The number of urea groups is 1. The summed E-state index contributed by atoms with van der Waals surface area (Å²) in [5.74, 6) is -0.634. The predicted molar refractivity (Wildman–Crippen MR) is 101 cm³/mol. The molecule has 1 aliphatic rings. The average molecular weight is 416 g/mol. The van der Waals surface area contributed by atoms with Crippen molar-refractivity contribution in [2.24, 2.45) is 0 Å². The molecule has 0 atom stereocenters. The lowest BCUT2D eigenvalue weighted by Gasteiger charge is -2.14. The molecule has 3 rings (SSSR count). The van der Waals surface area contributed by atoms with Gasteiger partial charge in [0.2, 0.25) is 0 Å². The van der Waals surface area contributed by atoms with Gasteiger partial charge in [-0.2, -0.15) is 0 Å². The molecule has 0 spiro atoms. The molecule has 0 saturated carbocycles. The zero-order chi connectivity index (χ0) is 18.5. The summed E-state index contributed by atoms with van der Waals surface area (Å²) < 4.78 is 1.00. The second-order valence-corrected chi connectivity index (χ2v) is 6.79. The molecule has 2 aromatic carbocycles. The van der Waals surface area contributed by atoms with Crippen LogP contribution in [-0.4, -0.2) is 42.4 Å². The van der Waals surface area contributed by atoms with Gasteiger partial charge in [0.25, 0.3) is 11.8 Å². The Bertz CT molecular complexity index is 818. The van der Waals surface area contributed by atoms with Crippen LogP contribution in [0.5, 0.6) is 0 Å². The van der Waals surface area contributed by atoms with Gasteiger partial charge in [-0.25, -0.2) is 4.79 Å². The molecule has 0 unspecified atom stereocenters. The second kappa shape index (κ2) is 8.14. The number of halogens is 1. The first-order valence-corrected chi connectivity index (χ1v) is 9.07. The summed E-state index contributed by atoms with van der Waals surface area (Å²) >= 11 is 3.41. The fraction of sp³-hybridized carbons (Fsp3) is 0.211. The average Bonchev–Trinajstić information content (AvgIpc) is 2.87. The maximum atomic E-state index is 12.2. The summed E-state index contributed by atoms with van der Waals surface area (Å²) in [5, 5.41) is 5.43. The fourth-order valence-corrected chi connectivity index (χ4v) is 3.25. The van der Waals surface area contributed by atoms with Gasteiger partial charge >= 0.3 is 6.03 Å². The highest BCUT2D eigenvalue weighted by Gasteiger charge is 2.34.